The van der Waals surface area contributed by atoms with Gasteiger partial charge in [-0.15, -0.1) is 0 Å². The van der Waals surface area contributed by atoms with Gasteiger partial charge in [-0.3, -0.25) is 9.20 Å². The Morgan fingerprint density at radius 2 is 2.23 bits per heavy atom. The van der Waals surface area contributed by atoms with Gasteiger partial charge >= 0.3 is 0 Å². The Balaban J connectivity index is 1.57. The quantitative estimate of drug-likeness (QED) is 0.580. The van der Waals surface area contributed by atoms with Crippen molar-refractivity contribution in [3.8, 4) is 0 Å². The van der Waals surface area contributed by atoms with Gasteiger partial charge in [0.15, 0.2) is 5.43 Å². The van der Waals surface area contributed by atoms with Crippen molar-refractivity contribution in [1.29, 1.82) is 0 Å². The van der Waals surface area contributed by atoms with Gasteiger partial charge in [-0.2, -0.15) is 0 Å². The maximum absolute atomic E-state index is 13.3. The largest absolute Gasteiger partial charge is 0.357 e. The number of H-pyrrole nitrogens is 1. The first-order chi connectivity index (χ1) is 12.6. The van der Waals surface area contributed by atoms with Gasteiger partial charge in [0.2, 0.25) is 5.78 Å². The van der Waals surface area contributed by atoms with Gasteiger partial charge in [0.1, 0.15) is 5.82 Å². The number of halogens is 1. The highest BCUT2D eigenvalue weighted by molar-refractivity contribution is 5.78. The molecule has 6 nitrogen and oxygen atoms in total. The molecule has 1 atom stereocenters. The topological polar surface area (TPSA) is 75.1 Å². The van der Waals surface area contributed by atoms with Crippen LogP contribution in [0, 0.1) is 5.82 Å². The molecule has 0 amide bonds. The lowest BCUT2D eigenvalue weighted by Crippen LogP contribution is -2.22. The number of benzene rings is 1. The molecule has 132 valence electrons. The number of nitrogens with zero attached hydrogens (tertiary/aromatic N) is 3. The number of aromatic nitrogens is 4. The average molecular weight is 351 g/mol. The lowest BCUT2D eigenvalue weighted by Gasteiger charge is -2.15. The van der Waals surface area contributed by atoms with Crippen LogP contribution in [-0.4, -0.2) is 19.4 Å². The van der Waals surface area contributed by atoms with Gasteiger partial charge in [-0.25, -0.2) is 14.4 Å². The van der Waals surface area contributed by atoms with E-state index in [1.807, 2.05) is 22.9 Å². The third kappa shape index (κ3) is 3.09. The highest BCUT2D eigenvalue weighted by Gasteiger charge is 2.14. The molecule has 0 bridgehead atoms. The molecule has 4 rings (SSSR count). The summed E-state index contributed by atoms with van der Waals surface area (Å²) >= 11 is 0. The molecule has 0 radical (unpaired) electrons. The normalized spacial score (nSPS) is 12.7. The summed E-state index contributed by atoms with van der Waals surface area (Å²) in [6, 6.07) is 7.57. The predicted molar refractivity (Wildman–Crippen MR) is 97.4 cm³/mol. The van der Waals surface area contributed by atoms with Crippen molar-refractivity contribution in [2.24, 2.45) is 0 Å². The van der Waals surface area contributed by atoms with E-state index in [0.717, 1.165) is 17.8 Å². The fraction of sp³-hybridized carbons (Fsp3) is 0.211. The summed E-state index contributed by atoms with van der Waals surface area (Å²) < 4.78 is 15.2. The summed E-state index contributed by atoms with van der Waals surface area (Å²) in [5.41, 5.74) is 2.08. The standard InChI is InChI=1S/C19H18FN5O/c1-2-15(17-11-25-7-3-6-21-19(25)24-17)22-10-13-9-18(26)14-8-12(20)4-5-16(14)23-13/h3-9,11,15,22H,2,10H2,1H3,(H,23,26)/t15-/m0/s1. The molecular weight excluding hydrogens is 333 g/mol. The second kappa shape index (κ2) is 6.68. The number of hydrogen-bond acceptors (Lipinski definition) is 4. The summed E-state index contributed by atoms with van der Waals surface area (Å²) in [5, 5.41) is 3.77. The number of imidazole rings is 1. The van der Waals surface area contributed by atoms with Crippen molar-refractivity contribution in [2.45, 2.75) is 25.9 Å². The molecule has 26 heavy (non-hydrogen) atoms. The van der Waals surface area contributed by atoms with Crippen LogP contribution < -0.4 is 10.7 Å². The number of fused-ring (bicyclic) bond motifs is 2. The Morgan fingerprint density at radius 3 is 3.04 bits per heavy atom. The van der Waals surface area contributed by atoms with E-state index >= 15 is 0 Å². The first-order valence-corrected chi connectivity index (χ1v) is 8.48. The SMILES string of the molecule is CC[C@H](NCc1cc(=O)c2cc(F)ccc2[nH]1)c1cn2cccnc2n1. The molecule has 0 unspecified atom stereocenters. The Labute approximate surface area is 148 Å². The van der Waals surface area contributed by atoms with E-state index in [2.05, 4.69) is 27.2 Å². The van der Waals surface area contributed by atoms with Crippen molar-refractivity contribution < 1.29 is 4.39 Å². The van der Waals surface area contributed by atoms with Crippen molar-refractivity contribution in [2.75, 3.05) is 0 Å². The summed E-state index contributed by atoms with van der Waals surface area (Å²) in [7, 11) is 0. The molecule has 0 fully saturated rings. The molecule has 0 spiro atoms. The molecule has 3 heterocycles. The zero-order valence-electron chi connectivity index (χ0n) is 14.2. The summed E-state index contributed by atoms with van der Waals surface area (Å²) in [5.74, 6) is 0.240. The molecule has 1 aromatic carbocycles. The van der Waals surface area contributed by atoms with E-state index in [1.165, 1.54) is 18.2 Å². The van der Waals surface area contributed by atoms with Crippen LogP contribution in [0.4, 0.5) is 4.39 Å². The fourth-order valence-corrected chi connectivity index (χ4v) is 3.08. The zero-order chi connectivity index (χ0) is 18.1. The minimum Gasteiger partial charge on any atom is -0.357 e. The van der Waals surface area contributed by atoms with Crippen molar-refractivity contribution >= 4 is 16.7 Å². The van der Waals surface area contributed by atoms with Crippen molar-refractivity contribution in [3.05, 3.63) is 76.4 Å². The Bertz CT molecular complexity index is 1100. The van der Waals surface area contributed by atoms with E-state index in [9.17, 15) is 9.18 Å². The van der Waals surface area contributed by atoms with Crippen LogP contribution in [0.25, 0.3) is 16.7 Å². The second-order valence-electron chi connectivity index (χ2n) is 6.18. The van der Waals surface area contributed by atoms with Crippen LogP contribution in [0.3, 0.4) is 0 Å². The molecule has 0 saturated carbocycles. The predicted octanol–water partition coefficient (Wildman–Crippen LogP) is 2.95. The van der Waals surface area contributed by atoms with Crippen LogP contribution in [0.15, 0.2) is 53.7 Å². The third-order valence-corrected chi connectivity index (χ3v) is 4.41. The molecule has 0 aliphatic carbocycles. The number of rotatable bonds is 5. The number of hydrogen-bond donors (Lipinski definition) is 2. The van der Waals surface area contributed by atoms with E-state index < -0.39 is 5.82 Å². The minimum absolute atomic E-state index is 0.0316. The molecule has 4 aromatic rings. The average Bonchev–Trinajstić information content (AvgIpc) is 3.07. The van der Waals surface area contributed by atoms with Crippen LogP contribution in [0.2, 0.25) is 0 Å². The zero-order valence-corrected chi connectivity index (χ0v) is 14.2. The van der Waals surface area contributed by atoms with Crippen molar-refractivity contribution in [3.63, 3.8) is 0 Å². The summed E-state index contributed by atoms with van der Waals surface area (Å²) in [6.45, 7) is 2.55. The monoisotopic (exact) mass is 351 g/mol. The molecule has 0 aliphatic rings. The molecule has 7 heteroatoms. The van der Waals surface area contributed by atoms with Crippen LogP contribution in [0.1, 0.15) is 30.8 Å². The highest BCUT2D eigenvalue weighted by Crippen LogP contribution is 2.17. The lowest BCUT2D eigenvalue weighted by molar-refractivity contribution is 0.505. The van der Waals surface area contributed by atoms with Crippen LogP contribution in [0.5, 0.6) is 0 Å². The summed E-state index contributed by atoms with van der Waals surface area (Å²) in [6.07, 6.45) is 6.41. The van der Waals surface area contributed by atoms with Crippen LogP contribution in [-0.2, 0) is 6.54 Å². The summed E-state index contributed by atoms with van der Waals surface area (Å²) in [4.78, 5) is 24.2. The first-order valence-electron chi connectivity index (χ1n) is 8.48. The molecule has 0 aliphatic heterocycles. The Kier molecular flexibility index (Phi) is 4.22. The number of nitrogens with one attached hydrogen (secondary N) is 2. The molecule has 0 saturated heterocycles. The van der Waals surface area contributed by atoms with Gasteiger partial charge < -0.3 is 10.3 Å². The Hall–Kier alpha value is -3.06. The molecule has 2 N–H and O–H groups in total. The molecule has 3 aromatic heterocycles. The van der Waals surface area contributed by atoms with Crippen molar-refractivity contribution in [1.82, 2.24) is 24.7 Å². The smallest absolute Gasteiger partial charge is 0.233 e. The minimum atomic E-state index is -0.416. The fourth-order valence-electron chi connectivity index (χ4n) is 3.08. The maximum atomic E-state index is 13.3. The number of aromatic amines is 1. The Morgan fingerprint density at radius 1 is 1.35 bits per heavy atom. The molecular formula is C19H18FN5O. The highest BCUT2D eigenvalue weighted by atomic mass is 19.1. The van der Waals surface area contributed by atoms with Gasteiger partial charge in [-0.1, -0.05) is 6.92 Å². The van der Waals surface area contributed by atoms with Gasteiger partial charge in [0, 0.05) is 47.8 Å². The van der Waals surface area contributed by atoms with Gasteiger partial charge in [0.05, 0.1) is 11.7 Å². The maximum Gasteiger partial charge on any atom is 0.233 e. The van der Waals surface area contributed by atoms with E-state index in [-0.39, 0.29) is 11.5 Å². The number of pyridine rings is 1. The van der Waals surface area contributed by atoms with Gasteiger partial charge in [-0.05, 0) is 30.7 Å². The van der Waals surface area contributed by atoms with E-state index in [1.54, 1.807) is 12.3 Å². The third-order valence-electron chi connectivity index (χ3n) is 4.41. The second-order valence-corrected chi connectivity index (χ2v) is 6.18. The van der Waals surface area contributed by atoms with E-state index in [4.69, 9.17) is 0 Å². The first kappa shape index (κ1) is 16.4. The van der Waals surface area contributed by atoms with Gasteiger partial charge in [0.25, 0.3) is 0 Å². The van der Waals surface area contributed by atoms with E-state index in [0.29, 0.717) is 23.2 Å². The lowest BCUT2D eigenvalue weighted by atomic mass is 10.1. The van der Waals surface area contributed by atoms with Crippen LogP contribution >= 0.6 is 0 Å².